The van der Waals surface area contributed by atoms with E-state index in [1.54, 1.807) is 0 Å². The van der Waals surface area contributed by atoms with Crippen LogP contribution in [-0.2, 0) is 15.0 Å². The van der Waals surface area contributed by atoms with Crippen molar-refractivity contribution in [2.75, 3.05) is 52.4 Å². The molecule has 33 heavy (non-hydrogen) atoms. The van der Waals surface area contributed by atoms with Crippen molar-refractivity contribution in [3.63, 3.8) is 0 Å². The highest BCUT2D eigenvalue weighted by molar-refractivity contribution is 5.89. The van der Waals surface area contributed by atoms with Crippen molar-refractivity contribution in [2.45, 2.75) is 63.7 Å². The molecule has 2 amide bonds. The Morgan fingerprint density at radius 2 is 1.52 bits per heavy atom. The summed E-state index contributed by atoms with van der Waals surface area (Å²) in [6, 6.07) is 10.1. The van der Waals surface area contributed by atoms with Gasteiger partial charge in [-0.15, -0.1) is 0 Å². The molecule has 0 unspecified atom stereocenters. The van der Waals surface area contributed by atoms with Crippen molar-refractivity contribution in [1.29, 1.82) is 0 Å². The number of nitrogens with two attached hydrogens (primary N) is 1. The summed E-state index contributed by atoms with van der Waals surface area (Å²) in [4.78, 5) is 27.6. The fraction of sp³-hybridized carbons (Fsp3) is 0.692. The molecule has 0 aromatic heterocycles. The molecule has 1 aliphatic heterocycles. The molecule has 0 bridgehead atoms. The number of hydrogen-bond donors (Lipinski definition) is 4. The fourth-order valence-electron chi connectivity index (χ4n) is 4.48. The van der Waals surface area contributed by atoms with Crippen LogP contribution in [0.15, 0.2) is 30.3 Å². The average molecular weight is 460 g/mol. The largest absolute Gasteiger partial charge is 0.355 e. The van der Waals surface area contributed by atoms with Gasteiger partial charge in [-0.2, -0.15) is 0 Å². The Kier molecular flexibility index (Phi) is 13.1. The fourth-order valence-corrected chi connectivity index (χ4v) is 4.48. The van der Waals surface area contributed by atoms with Crippen molar-refractivity contribution in [2.24, 2.45) is 5.73 Å². The number of hydrogen-bond acceptors (Lipinski definition) is 5. The van der Waals surface area contributed by atoms with Gasteiger partial charge < -0.3 is 26.6 Å². The molecule has 7 heteroatoms. The maximum Gasteiger partial charge on any atom is 0.230 e. The van der Waals surface area contributed by atoms with Crippen LogP contribution in [0.1, 0.15) is 63.9 Å². The van der Waals surface area contributed by atoms with E-state index in [2.05, 4.69) is 28.1 Å². The molecule has 1 aliphatic rings. The third-order valence-corrected chi connectivity index (χ3v) is 6.53. The van der Waals surface area contributed by atoms with Crippen molar-refractivity contribution < 1.29 is 9.59 Å². The maximum atomic E-state index is 13.4. The van der Waals surface area contributed by atoms with Crippen molar-refractivity contribution >= 4 is 11.8 Å². The number of amides is 2. The number of benzene rings is 1. The quantitative estimate of drug-likeness (QED) is 0.284. The Labute approximate surface area is 200 Å². The van der Waals surface area contributed by atoms with E-state index in [1.807, 2.05) is 30.0 Å². The third-order valence-electron chi connectivity index (χ3n) is 6.53. The summed E-state index contributed by atoms with van der Waals surface area (Å²) < 4.78 is 0. The molecule has 0 radical (unpaired) electrons. The van der Waals surface area contributed by atoms with Gasteiger partial charge in [0.1, 0.15) is 0 Å². The lowest BCUT2D eigenvalue weighted by atomic mass is 9.72. The first-order valence-corrected chi connectivity index (χ1v) is 12.9. The van der Waals surface area contributed by atoms with Crippen LogP contribution in [0.5, 0.6) is 0 Å². The Morgan fingerprint density at radius 1 is 0.909 bits per heavy atom. The SMILES string of the molecule is CCCC(=O)N1CCC(C(=O)NCCCNCCCCNCCCN)(c2ccccc2)CC1. The van der Waals surface area contributed by atoms with Gasteiger partial charge in [0.15, 0.2) is 0 Å². The highest BCUT2D eigenvalue weighted by Gasteiger charge is 2.43. The van der Waals surface area contributed by atoms with Crippen LogP contribution in [0.4, 0.5) is 0 Å². The second kappa shape index (κ2) is 15.8. The van der Waals surface area contributed by atoms with E-state index in [-0.39, 0.29) is 11.8 Å². The van der Waals surface area contributed by atoms with E-state index >= 15 is 0 Å². The molecule has 0 atom stereocenters. The molecule has 5 N–H and O–H groups in total. The number of unbranched alkanes of at least 4 members (excludes halogenated alkanes) is 1. The van der Waals surface area contributed by atoms with Crippen molar-refractivity contribution in [1.82, 2.24) is 20.9 Å². The number of nitrogens with zero attached hydrogens (tertiary/aromatic N) is 1. The second-order valence-corrected chi connectivity index (χ2v) is 9.04. The molecule has 1 saturated heterocycles. The van der Waals surface area contributed by atoms with Crippen LogP contribution >= 0.6 is 0 Å². The standard InChI is InChI=1S/C26H45N5O2/c1-2-10-24(32)31-21-13-26(14-22-31,23-11-4-3-5-12-23)25(33)30-20-9-19-29-17-7-6-16-28-18-8-15-27/h3-5,11-12,28-29H,2,6-10,13-22,27H2,1H3,(H,30,33). The number of carbonyl (C=O) groups is 2. The minimum atomic E-state index is -0.547. The number of likely N-dealkylation sites (tertiary alicyclic amines) is 1. The molecule has 2 rings (SSSR count). The molecule has 186 valence electrons. The summed E-state index contributed by atoms with van der Waals surface area (Å²) in [5.74, 6) is 0.303. The normalized spacial score (nSPS) is 15.4. The van der Waals surface area contributed by atoms with Crippen LogP contribution in [0.3, 0.4) is 0 Å². The Bertz CT molecular complexity index is 675. The lowest BCUT2D eigenvalue weighted by Gasteiger charge is -2.41. The number of nitrogens with one attached hydrogen (secondary N) is 3. The van der Waals surface area contributed by atoms with E-state index in [1.165, 1.54) is 0 Å². The topological polar surface area (TPSA) is 99.5 Å². The second-order valence-electron chi connectivity index (χ2n) is 9.04. The molecular weight excluding hydrogens is 414 g/mol. The Hall–Kier alpha value is -1.96. The summed E-state index contributed by atoms with van der Waals surface area (Å²) in [5, 5.41) is 10.1. The van der Waals surface area contributed by atoms with E-state index < -0.39 is 5.41 Å². The van der Waals surface area contributed by atoms with Gasteiger partial charge in [0.05, 0.1) is 5.41 Å². The molecule has 0 spiro atoms. The first-order valence-electron chi connectivity index (χ1n) is 12.9. The molecule has 1 aromatic rings. The summed E-state index contributed by atoms with van der Waals surface area (Å²) in [7, 11) is 0. The van der Waals surface area contributed by atoms with Crippen molar-refractivity contribution in [3.8, 4) is 0 Å². The van der Waals surface area contributed by atoms with Crippen LogP contribution in [0.2, 0.25) is 0 Å². The zero-order chi connectivity index (χ0) is 23.8. The molecule has 1 heterocycles. The third kappa shape index (κ3) is 9.07. The van der Waals surface area contributed by atoms with Gasteiger partial charge in [-0.25, -0.2) is 0 Å². The smallest absolute Gasteiger partial charge is 0.230 e. The predicted octanol–water partition coefficient (Wildman–Crippen LogP) is 2.16. The van der Waals surface area contributed by atoms with E-state index in [4.69, 9.17) is 5.73 Å². The maximum absolute atomic E-state index is 13.4. The molecular formula is C26H45N5O2. The lowest BCUT2D eigenvalue weighted by Crippen LogP contribution is -2.53. The van der Waals surface area contributed by atoms with Gasteiger partial charge in [0.2, 0.25) is 11.8 Å². The van der Waals surface area contributed by atoms with E-state index in [0.29, 0.717) is 38.9 Å². The van der Waals surface area contributed by atoms with Crippen molar-refractivity contribution in [3.05, 3.63) is 35.9 Å². The monoisotopic (exact) mass is 459 g/mol. The van der Waals surface area contributed by atoms with Gasteiger partial charge >= 0.3 is 0 Å². The van der Waals surface area contributed by atoms with E-state index in [0.717, 1.165) is 70.4 Å². The zero-order valence-corrected chi connectivity index (χ0v) is 20.5. The number of piperidine rings is 1. The molecule has 1 aromatic carbocycles. The van der Waals surface area contributed by atoms with Gasteiger partial charge in [-0.1, -0.05) is 37.3 Å². The Balaban J connectivity index is 1.72. The van der Waals surface area contributed by atoms with Gasteiger partial charge in [0, 0.05) is 26.1 Å². The predicted molar refractivity (Wildman–Crippen MR) is 135 cm³/mol. The highest BCUT2D eigenvalue weighted by Crippen LogP contribution is 2.36. The van der Waals surface area contributed by atoms with Crippen LogP contribution < -0.4 is 21.7 Å². The number of rotatable bonds is 16. The molecule has 0 saturated carbocycles. The van der Waals surface area contributed by atoms with Crippen LogP contribution in [0, 0.1) is 0 Å². The lowest BCUT2D eigenvalue weighted by molar-refractivity contribution is -0.137. The molecule has 1 fully saturated rings. The number of carbonyl (C=O) groups excluding carboxylic acids is 2. The van der Waals surface area contributed by atoms with Gasteiger partial charge in [-0.05, 0) is 83.2 Å². The first kappa shape index (κ1) is 27.3. The van der Waals surface area contributed by atoms with Gasteiger partial charge in [0.25, 0.3) is 0 Å². The average Bonchev–Trinajstić information content (AvgIpc) is 2.85. The van der Waals surface area contributed by atoms with Crippen LogP contribution in [-0.4, -0.2) is 69.1 Å². The summed E-state index contributed by atoms with van der Waals surface area (Å²) >= 11 is 0. The summed E-state index contributed by atoms with van der Waals surface area (Å²) in [5.41, 5.74) is 5.99. The minimum absolute atomic E-state index is 0.0971. The molecule has 7 nitrogen and oxygen atoms in total. The Morgan fingerprint density at radius 3 is 2.12 bits per heavy atom. The summed E-state index contributed by atoms with van der Waals surface area (Å²) in [6.45, 7) is 8.67. The van der Waals surface area contributed by atoms with E-state index in [9.17, 15) is 9.59 Å². The first-order chi connectivity index (χ1) is 16.1. The van der Waals surface area contributed by atoms with Crippen LogP contribution in [0.25, 0.3) is 0 Å². The highest BCUT2D eigenvalue weighted by atomic mass is 16.2. The molecule has 0 aliphatic carbocycles. The zero-order valence-electron chi connectivity index (χ0n) is 20.5. The van der Waals surface area contributed by atoms with Gasteiger partial charge in [-0.3, -0.25) is 9.59 Å². The summed E-state index contributed by atoms with van der Waals surface area (Å²) in [6.07, 6.45) is 7.04. The minimum Gasteiger partial charge on any atom is -0.355 e.